The van der Waals surface area contributed by atoms with E-state index in [1.54, 1.807) is 7.11 Å². The molecule has 198 valence electrons. The fourth-order valence-corrected chi connectivity index (χ4v) is 4.31. The van der Waals surface area contributed by atoms with Crippen LogP contribution >= 0.6 is 7.60 Å². The summed E-state index contributed by atoms with van der Waals surface area (Å²) in [7, 11) is 3.53. The molecule has 0 aromatic carbocycles. The number of rotatable bonds is 24. The highest BCUT2D eigenvalue weighted by Crippen LogP contribution is 2.38. The highest BCUT2D eigenvalue weighted by molar-refractivity contribution is 7.54. The van der Waals surface area contributed by atoms with Crippen molar-refractivity contribution in [1.82, 2.24) is 0 Å². The standard InChI is InChI=1S/C26H54NO5P/c1-6-7-8-9-10-11-12-13-14-15-16-17-18-19-22-31-25-26(30-5)20-24-33(28,29)32-23-21-27(2,3)4/h20,24,26H,6-19,21-23,25H2,1-5H3/b24-20+/t26-/m1/s1. The van der Waals surface area contributed by atoms with Crippen molar-refractivity contribution in [1.29, 1.82) is 0 Å². The summed E-state index contributed by atoms with van der Waals surface area (Å²) in [4.78, 5) is 12.0. The van der Waals surface area contributed by atoms with E-state index in [2.05, 4.69) is 6.92 Å². The summed E-state index contributed by atoms with van der Waals surface area (Å²) in [5.74, 6) is 1.10. The Hall–Kier alpha value is -0.230. The van der Waals surface area contributed by atoms with Gasteiger partial charge in [0.05, 0.1) is 33.9 Å². The summed E-state index contributed by atoms with van der Waals surface area (Å²) in [6.45, 7) is 4.09. The zero-order valence-electron chi connectivity index (χ0n) is 22.4. The average molecular weight is 492 g/mol. The molecule has 0 saturated carbocycles. The van der Waals surface area contributed by atoms with Crippen molar-refractivity contribution in [3.8, 4) is 0 Å². The number of nitrogens with zero attached hydrogens (tertiary/aromatic N) is 1. The number of methoxy groups -OCH3 is 1. The van der Waals surface area contributed by atoms with Crippen molar-refractivity contribution < 1.29 is 27.9 Å². The number of unbranched alkanes of at least 4 members (excludes halogenated alkanes) is 13. The van der Waals surface area contributed by atoms with Gasteiger partial charge >= 0.3 is 0 Å². The Balaban J connectivity index is 3.62. The van der Waals surface area contributed by atoms with Crippen LogP contribution in [0.1, 0.15) is 96.8 Å². The minimum absolute atomic E-state index is 0.169. The van der Waals surface area contributed by atoms with Crippen LogP contribution in [0.3, 0.4) is 0 Å². The second-order valence-corrected chi connectivity index (χ2v) is 11.8. The first-order valence-electron chi connectivity index (χ1n) is 13.3. The van der Waals surface area contributed by atoms with Gasteiger partial charge in [0.1, 0.15) is 13.2 Å². The molecule has 7 heteroatoms. The highest BCUT2D eigenvalue weighted by atomic mass is 31.2. The Morgan fingerprint density at radius 1 is 0.818 bits per heavy atom. The zero-order valence-corrected chi connectivity index (χ0v) is 23.3. The maximum atomic E-state index is 12.0. The predicted octanol–water partition coefficient (Wildman–Crippen LogP) is 6.29. The van der Waals surface area contributed by atoms with E-state index < -0.39 is 7.60 Å². The molecule has 33 heavy (non-hydrogen) atoms. The van der Waals surface area contributed by atoms with E-state index in [0.717, 1.165) is 12.2 Å². The maximum Gasteiger partial charge on any atom is 0.157 e. The van der Waals surface area contributed by atoms with Gasteiger partial charge in [-0.05, 0) is 18.3 Å². The number of quaternary nitrogens is 1. The van der Waals surface area contributed by atoms with Gasteiger partial charge in [-0.3, -0.25) is 0 Å². The molecule has 0 bridgehead atoms. The normalized spacial score (nSPS) is 15.2. The van der Waals surface area contributed by atoms with Crippen LogP contribution in [-0.2, 0) is 18.6 Å². The van der Waals surface area contributed by atoms with Crippen molar-refractivity contribution >= 4 is 7.60 Å². The molecule has 0 radical (unpaired) electrons. The van der Waals surface area contributed by atoms with Crippen LogP contribution in [0, 0.1) is 0 Å². The second-order valence-electron chi connectivity index (χ2n) is 10.2. The van der Waals surface area contributed by atoms with Crippen LogP contribution < -0.4 is 4.89 Å². The number of likely N-dealkylation sites (N-methyl/N-ethyl adjacent to an activating group) is 1. The third kappa shape index (κ3) is 24.7. The molecule has 0 aliphatic carbocycles. The third-order valence-electron chi connectivity index (χ3n) is 5.74. The van der Waals surface area contributed by atoms with Crippen LogP contribution in [-0.4, -0.2) is 65.2 Å². The minimum atomic E-state index is -4.00. The van der Waals surface area contributed by atoms with Crippen molar-refractivity contribution in [2.24, 2.45) is 0 Å². The zero-order chi connectivity index (χ0) is 24.8. The smallest absolute Gasteiger partial charge is 0.157 e. The average Bonchev–Trinajstić information content (AvgIpc) is 2.74. The summed E-state index contributed by atoms with van der Waals surface area (Å²) in [5, 5.41) is 0. The monoisotopic (exact) mass is 491 g/mol. The maximum absolute atomic E-state index is 12.0. The molecule has 0 heterocycles. The van der Waals surface area contributed by atoms with E-state index in [-0.39, 0.29) is 12.7 Å². The fraction of sp³-hybridized carbons (Fsp3) is 0.923. The minimum Gasteiger partial charge on any atom is -0.775 e. The fourth-order valence-electron chi connectivity index (χ4n) is 3.49. The molecule has 0 rings (SSSR count). The molecular formula is C26H54NO5P. The van der Waals surface area contributed by atoms with Crippen LogP contribution in [0.15, 0.2) is 11.9 Å². The summed E-state index contributed by atoms with van der Waals surface area (Å²) >= 11 is 0. The SMILES string of the molecule is CCCCCCCCCCCCCCCCOC[C@@H](/C=C/P(=O)([O-])OCC[N+](C)(C)C)OC. The Morgan fingerprint density at radius 3 is 1.76 bits per heavy atom. The van der Waals surface area contributed by atoms with Gasteiger partial charge in [-0.2, -0.15) is 0 Å². The largest absolute Gasteiger partial charge is 0.775 e. The van der Waals surface area contributed by atoms with Gasteiger partial charge in [-0.25, -0.2) is 0 Å². The second kappa shape index (κ2) is 21.1. The van der Waals surface area contributed by atoms with E-state index in [9.17, 15) is 9.46 Å². The van der Waals surface area contributed by atoms with Gasteiger partial charge in [0, 0.05) is 13.7 Å². The van der Waals surface area contributed by atoms with Gasteiger partial charge in [0.15, 0.2) is 7.60 Å². The predicted molar refractivity (Wildman–Crippen MR) is 138 cm³/mol. The molecule has 0 saturated heterocycles. The van der Waals surface area contributed by atoms with Crippen LogP contribution in [0.5, 0.6) is 0 Å². The van der Waals surface area contributed by atoms with E-state index in [4.69, 9.17) is 14.0 Å². The van der Waals surface area contributed by atoms with Crippen molar-refractivity contribution in [2.75, 3.05) is 54.6 Å². The Bertz CT molecular complexity index is 507. The van der Waals surface area contributed by atoms with Gasteiger partial charge in [0.25, 0.3) is 0 Å². The number of hydrogen-bond donors (Lipinski definition) is 0. The molecule has 0 aliphatic heterocycles. The highest BCUT2D eigenvalue weighted by Gasteiger charge is 2.11. The summed E-state index contributed by atoms with van der Waals surface area (Å²) in [6, 6.07) is 0. The lowest BCUT2D eigenvalue weighted by atomic mass is 10.0. The van der Waals surface area contributed by atoms with E-state index in [1.165, 1.54) is 89.5 Å². The van der Waals surface area contributed by atoms with Gasteiger partial charge < -0.3 is 27.9 Å². The van der Waals surface area contributed by atoms with Crippen molar-refractivity contribution in [2.45, 2.75) is 103 Å². The third-order valence-corrected chi connectivity index (χ3v) is 6.82. The molecule has 0 spiro atoms. The van der Waals surface area contributed by atoms with Crippen molar-refractivity contribution in [3.63, 3.8) is 0 Å². The number of hydrogen-bond acceptors (Lipinski definition) is 5. The van der Waals surface area contributed by atoms with E-state index >= 15 is 0 Å². The molecular weight excluding hydrogens is 437 g/mol. The van der Waals surface area contributed by atoms with Crippen LogP contribution in [0.25, 0.3) is 0 Å². The molecule has 0 fully saturated rings. The molecule has 0 N–H and O–H groups in total. The summed E-state index contributed by atoms with van der Waals surface area (Å²) in [6.07, 6.45) is 19.8. The summed E-state index contributed by atoms with van der Waals surface area (Å²) < 4.78 is 28.6. The molecule has 6 nitrogen and oxygen atoms in total. The van der Waals surface area contributed by atoms with Crippen LogP contribution in [0.2, 0.25) is 0 Å². The summed E-state index contributed by atoms with van der Waals surface area (Å²) in [5.41, 5.74) is 0. The van der Waals surface area contributed by atoms with E-state index in [0.29, 0.717) is 24.2 Å². The lowest BCUT2D eigenvalue weighted by Gasteiger charge is -2.26. The first kappa shape index (κ1) is 32.8. The van der Waals surface area contributed by atoms with Crippen molar-refractivity contribution in [3.05, 3.63) is 11.9 Å². The molecule has 2 atom stereocenters. The van der Waals surface area contributed by atoms with Crippen LogP contribution in [0.4, 0.5) is 0 Å². The quantitative estimate of drug-likeness (QED) is 0.0902. The van der Waals surface area contributed by atoms with E-state index in [1.807, 2.05) is 21.1 Å². The first-order valence-corrected chi connectivity index (χ1v) is 14.9. The number of ether oxygens (including phenoxy) is 2. The molecule has 0 aliphatic rings. The molecule has 0 amide bonds. The molecule has 1 unspecified atom stereocenters. The lowest BCUT2D eigenvalue weighted by Crippen LogP contribution is -2.37. The first-order chi connectivity index (χ1) is 15.7. The Morgan fingerprint density at radius 2 is 1.30 bits per heavy atom. The van der Waals surface area contributed by atoms with Gasteiger partial charge in [-0.15, -0.1) is 0 Å². The topological polar surface area (TPSA) is 67.8 Å². The lowest BCUT2D eigenvalue weighted by molar-refractivity contribution is -0.870. The Labute approximate surface area is 205 Å². The Kier molecular flexibility index (Phi) is 20.9. The van der Waals surface area contributed by atoms with Gasteiger partial charge in [-0.1, -0.05) is 90.4 Å². The molecule has 0 aromatic heterocycles. The van der Waals surface area contributed by atoms with Gasteiger partial charge in [0.2, 0.25) is 0 Å². The molecule has 0 aromatic rings.